The number of hydrogen-bond donors (Lipinski definition) is 1. The number of aliphatic hydroxyl groups is 1. The molecule has 0 saturated carbocycles. The topological polar surface area (TPSA) is 49.8 Å². The molecule has 0 fully saturated rings. The molecule has 27 heavy (non-hydrogen) atoms. The Morgan fingerprint density at radius 3 is 2.78 bits per heavy atom. The molecule has 0 aromatic heterocycles. The van der Waals surface area contributed by atoms with E-state index in [0.717, 1.165) is 37.2 Å². The van der Waals surface area contributed by atoms with E-state index in [4.69, 9.17) is 4.74 Å². The van der Waals surface area contributed by atoms with Gasteiger partial charge in [-0.1, -0.05) is 26.8 Å². The normalized spacial score (nSPS) is 22.1. The lowest BCUT2D eigenvalue weighted by molar-refractivity contribution is -0.140. The molecule has 1 aromatic rings. The fourth-order valence-corrected chi connectivity index (χ4v) is 4.48. The number of benzene rings is 1. The van der Waals surface area contributed by atoms with Gasteiger partial charge in [-0.25, -0.2) is 4.39 Å². The number of halogens is 1. The van der Waals surface area contributed by atoms with E-state index in [1.54, 1.807) is 6.07 Å². The maximum Gasteiger partial charge on any atom is 0.305 e. The molecule has 0 radical (unpaired) electrons. The first-order valence-corrected chi connectivity index (χ1v) is 10.1. The van der Waals surface area contributed by atoms with E-state index in [1.165, 1.54) is 13.2 Å². The van der Waals surface area contributed by atoms with Gasteiger partial charge in [-0.15, -0.1) is 0 Å². The van der Waals surface area contributed by atoms with Crippen LogP contribution in [0.25, 0.3) is 0 Å². The minimum Gasteiger partial charge on any atom is -0.469 e. The number of methoxy groups -OCH3 is 1. The molecule has 1 aliphatic carbocycles. The predicted octanol–water partition coefficient (Wildman–Crippen LogP) is 3.91. The van der Waals surface area contributed by atoms with Crippen molar-refractivity contribution in [3.05, 3.63) is 35.1 Å². The number of hydrogen-bond acceptors (Lipinski definition) is 4. The second-order valence-electron chi connectivity index (χ2n) is 8.03. The Bertz CT molecular complexity index is 634. The molecule has 0 aliphatic heterocycles. The Balaban J connectivity index is 2.04. The molecule has 0 saturated heterocycles. The zero-order valence-electron chi connectivity index (χ0n) is 17.1. The third-order valence-electron chi connectivity index (χ3n) is 5.90. The van der Waals surface area contributed by atoms with Crippen LogP contribution in [0.4, 0.5) is 4.39 Å². The van der Waals surface area contributed by atoms with E-state index < -0.39 is 5.60 Å². The average molecular weight is 380 g/mol. The molecule has 0 heterocycles. The summed E-state index contributed by atoms with van der Waals surface area (Å²) < 4.78 is 18.3. The summed E-state index contributed by atoms with van der Waals surface area (Å²) >= 11 is 0. The van der Waals surface area contributed by atoms with Crippen molar-refractivity contribution in [3.8, 4) is 0 Å². The van der Waals surface area contributed by atoms with E-state index in [-0.39, 0.29) is 23.6 Å². The summed E-state index contributed by atoms with van der Waals surface area (Å²) in [5, 5.41) is 11.5. The summed E-state index contributed by atoms with van der Waals surface area (Å²) in [6.45, 7) is 8.83. The van der Waals surface area contributed by atoms with Gasteiger partial charge in [-0.2, -0.15) is 0 Å². The van der Waals surface area contributed by atoms with E-state index in [9.17, 15) is 14.3 Å². The van der Waals surface area contributed by atoms with Crippen LogP contribution in [0.5, 0.6) is 0 Å². The number of aryl methyl sites for hydroxylation is 1. The number of carbonyl (C=O) groups is 1. The summed E-state index contributed by atoms with van der Waals surface area (Å²) in [5.41, 5.74) is 1.34. The number of esters is 1. The standard InChI is InChI=1S/C22H34FNO3/c1-5-24(13-6-7-20(25)27-4)14-12-22(26)11-10-17-15-18(23)8-9-19(17)21(22)16(2)3/h8-9,15-16,21,26H,5-7,10-14H2,1-4H3. The lowest BCUT2D eigenvalue weighted by Crippen LogP contribution is -2.45. The highest BCUT2D eigenvalue weighted by Crippen LogP contribution is 2.45. The van der Waals surface area contributed by atoms with Crippen molar-refractivity contribution in [2.24, 2.45) is 5.92 Å². The second-order valence-corrected chi connectivity index (χ2v) is 8.03. The smallest absolute Gasteiger partial charge is 0.305 e. The molecule has 5 heteroatoms. The zero-order chi connectivity index (χ0) is 20.0. The van der Waals surface area contributed by atoms with Gasteiger partial charge in [0.15, 0.2) is 0 Å². The first-order valence-electron chi connectivity index (χ1n) is 10.1. The quantitative estimate of drug-likeness (QED) is 0.661. The van der Waals surface area contributed by atoms with Crippen LogP contribution < -0.4 is 0 Å². The van der Waals surface area contributed by atoms with Crippen LogP contribution >= 0.6 is 0 Å². The zero-order valence-corrected chi connectivity index (χ0v) is 17.1. The molecule has 0 bridgehead atoms. The predicted molar refractivity (Wildman–Crippen MR) is 105 cm³/mol. The molecule has 1 N–H and O–H groups in total. The summed E-state index contributed by atoms with van der Waals surface area (Å²) in [7, 11) is 1.41. The van der Waals surface area contributed by atoms with Gasteiger partial charge >= 0.3 is 5.97 Å². The molecular formula is C22H34FNO3. The number of ether oxygens (including phenoxy) is 1. The van der Waals surface area contributed by atoms with Crippen molar-refractivity contribution in [1.82, 2.24) is 4.90 Å². The van der Waals surface area contributed by atoms with Gasteiger partial charge in [0.05, 0.1) is 12.7 Å². The average Bonchev–Trinajstić information content (AvgIpc) is 2.64. The molecule has 0 amide bonds. The molecule has 152 valence electrons. The Labute approximate surface area is 162 Å². The minimum atomic E-state index is -0.783. The van der Waals surface area contributed by atoms with Crippen molar-refractivity contribution in [2.45, 2.75) is 64.4 Å². The Morgan fingerprint density at radius 1 is 1.41 bits per heavy atom. The molecule has 2 atom stereocenters. The number of carbonyl (C=O) groups excluding carboxylic acids is 1. The number of nitrogens with zero attached hydrogens (tertiary/aromatic N) is 1. The first kappa shape index (κ1) is 21.8. The fourth-order valence-electron chi connectivity index (χ4n) is 4.48. The van der Waals surface area contributed by atoms with Gasteiger partial charge < -0.3 is 14.7 Å². The van der Waals surface area contributed by atoms with Crippen LogP contribution in [0, 0.1) is 11.7 Å². The van der Waals surface area contributed by atoms with Crippen molar-refractivity contribution in [2.75, 3.05) is 26.7 Å². The molecule has 2 unspecified atom stereocenters. The largest absolute Gasteiger partial charge is 0.469 e. The van der Waals surface area contributed by atoms with Crippen LogP contribution in [0.3, 0.4) is 0 Å². The van der Waals surface area contributed by atoms with Gasteiger partial charge in [0.1, 0.15) is 5.82 Å². The van der Waals surface area contributed by atoms with Crippen molar-refractivity contribution >= 4 is 5.97 Å². The first-order chi connectivity index (χ1) is 12.8. The lowest BCUT2D eigenvalue weighted by Gasteiger charge is -2.44. The minimum absolute atomic E-state index is 0.00984. The van der Waals surface area contributed by atoms with Gasteiger partial charge in [-0.05, 0) is 68.0 Å². The molecule has 2 rings (SSSR count). The van der Waals surface area contributed by atoms with Crippen molar-refractivity contribution in [1.29, 1.82) is 0 Å². The van der Waals surface area contributed by atoms with Gasteiger partial charge in [0.2, 0.25) is 0 Å². The third-order valence-corrected chi connectivity index (χ3v) is 5.90. The SMILES string of the molecule is CCN(CCCC(=O)OC)CCC1(O)CCc2cc(F)ccc2C1C(C)C. The molecular weight excluding hydrogens is 345 g/mol. The molecule has 4 nitrogen and oxygen atoms in total. The van der Waals surface area contributed by atoms with Crippen molar-refractivity contribution < 1.29 is 19.0 Å². The Hall–Kier alpha value is -1.46. The lowest BCUT2D eigenvalue weighted by atomic mass is 9.66. The summed E-state index contributed by atoms with van der Waals surface area (Å²) in [6, 6.07) is 4.98. The van der Waals surface area contributed by atoms with Crippen LogP contribution in [0.2, 0.25) is 0 Å². The summed E-state index contributed by atoms with van der Waals surface area (Å²) in [4.78, 5) is 13.6. The monoisotopic (exact) mass is 379 g/mol. The van der Waals surface area contributed by atoms with E-state index in [2.05, 4.69) is 25.7 Å². The Morgan fingerprint density at radius 2 is 2.15 bits per heavy atom. The molecule has 1 aliphatic rings. The van der Waals surface area contributed by atoms with Crippen LogP contribution in [0.15, 0.2) is 18.2 Å². The van der Waals surface area contributed by atoms with E-state index >= 15 is 0 Å². The third kappa shape index (κ3) is 5.52. The van der Waals surface area contributed by atoms with E-state index in [0.29, 0.717) is 25.7 Å². The van der Waals surface area contributed by atoms with Crippen LogP contribution in [-0.2, 0) is 16.0 Å². The highest BCUT2D eigenvalue weighted by molar-refractivity contribution is 5.69. The van der Waals surface area contributed by atoms with Gasteiger partial charge in [-0.3, -0.25) is 4.79 Å². The van der Waals surface area contributed by atoms with Gasteiger partial charge in [0.25, 0.3) is 0 Å². The highest BCUT2D eigenvalue weighted by atomic mass is 19.1. The summed E-state index contributed by atoms with van der Waals surface area (Å²) in [6.07, 6.45) is 3.23. The molecule has 0 spiro atoms. The van der Waals surface area contributed by atoms with Crippen molar-refractivity contribution in [3.63, 3.8) is 0 Å². The van der Waals surface area contributed by atoms with Gasteiger partial charge in [0, 0.05) is 18.9 Å². The fraction of sp³-hybridized carbons (Fsp3) is 0.682. The Kier molecular flexibility index (Phi) is 7.80. The van der Waals surface area contributed by atoms with Crippen LogP contribution in [0.1, 0.15) is 63.5 Å². The number of rotatable bonds is 9. The van der Waals surface area contributed by atoms with Crippen LogP contribution in [-0.4, -0.2) is 48.3 Å². The molecule has 1 aromatic carbocycles. The maximum atomic E-state index is 13.6. The highest BCUT2D eigenvalue weighted by Gasteiger charge is 2.43. The van der Waals surface area contributed by atoms with E-state index in [1.807, 2.05) is 6.07 Å². The second kappa shape index (κ2) is 9.65. The maximum absolute atomic E-state index is 13.6. The summed E-state index contributed by atoms with van der Waals surface area (Å²) in [5.74, 6) is -0.102. The number of fused-ring (bicyclic) bond motifs is 1.